The molecule has 0 spiro atoms. The van der Waals surface area contributed by atoms with Crippen LogP contribution in [-0.2, 0) is 11.3 Å². The maximum absolute atomic E-state index is 5.62. The zero-order valence-electron chi connectivity index (χ0n) is 10.2. The summed E-state index contributed by atoms with van der Waals surface area (Å²) >= 11 is 1.78. The van der Waals surface area contributed by atoms with Gasteiger partial charge in [0.25, 0.3) is 0 Å². The molecule has 0 aliphatic carbocycles. The fraction of sp³-hybridized carbons (Fsp3) is 0.538. The first-order chi connectivity index (χ1) is 8.38. The summed E-state index contributed by atoms with van der Waals surface area (Å²) in [5.41, 5.74) is 1.33. The molecule has 0 aromatic heterocycles. The molecule has 17 heavy (non-hydrogen) atoms. The van der Waals surface area contributed by atoms with Gasteiger partial charge in [-0.1, -0.05) is 12.1 Å². The monoisotopic (exact) mass is 252 g/mol. The Labute approximate surface area is 107 Å². The van der Waals surface area contributed by atoms with E-state index in [1.54, 1.807) is 11.8 Å². The summed E-state index contributed by atoms with van der Waals surface area (Å²) in [6.45, 7) is 4.59. The molecule has 1 saturated heterocycles. The minimum atomic E-state index is 0.314. The van der Waals surface area contributed by atoms with Crippen LogP contribution in [0.1, 0.15) is 5.56 Å². The summed E-state index contributed by atoms with van der Waals surface area (Å²) in [4.78, 5) is 1.31. The Morgan fingerprint density at radius 2 is 2.24 bits per heavy atom. The maximum Gasteiger partial charge on any atom is 0.0824 e. The van der Waals surface area contributed by atoms with E-state index in [0.29, 0.717) is 6.10 Å². The molecule has 2 N–H and O–H groups in total. The number of rotatable bonds is 5. The van der Waals surface area contributed by atoms with Gasteiger partial charge >= 0.3 is 0 Å². The average molecular weight is 252 g/mol. The van der Waals surface area contributed by atoms with Crippen LogP contribution in [0, 0.1) is 0 Å². The van der Waals surface area contributed by atoms with E-state index < -0.39 is 0 Å². The predicted molar refractivity (Wildman–Crippen MR) is 72.5 cm³/mol. The summed E-state index contributed by atoms with van der Waals surface area (Å²) in [6, 6.07) is 8.69. The lowest BCUT2D eigenvalue weighted by Gasteiger charge is -2.23. The Morgan fingerprint density at radius 1 is 1.41 bits per heavy atom. The first-order valence-corrected chi connectivity index (χ1v) is 7.27. The number of benzene rings is 1. The van der Waals surface area contributed by atoms with Gasteiger partial charge in [0, 0.05) is 31.1 Å². The van der Waals surface area contributed by atoms with E-state index in [0.717, 1.165) is 32.8 Å². The molecule has 94 valence electrons. The van der Waals surface area contributed by atoms with Gasteiger partial charge in [-0.05, 0) is 24.0 Å². The van der Waals surface area contributed by atoms with Crippen molar-refractivity contribution < 1.29 is 4.74 Å². The third-order valence-corrected chi connectivity index (χ3v) is 3.61. The molecule has 1 aliphatic rings. The lowest BCUT2D eigenvalue weighted by atomic mass is 10.2. The predicted octanol–water partition coefficient (Wildman–Crippen LogP) is 1.49. The average Bonchev–Trinajstić information content (AvgIpc) is 2.41. The van der Waals surface area contributed by atoms with Crippen LogP contribution in [0.15, 0.2) is 29.2 Å². The van der Waals surface area contributed by atoms with Gasteiger partial charge in [0.15, 0.2) is 0 Å². The molecular formula is C13H20N2OS. The molecule has 1 aliphatic heterocycles. The second-order valence-corrected chi connectivity index (χ2v) is 5.06. The van der Waals surface area contributed by atoms with Crippen LogP contribution in [0.4, 0.5) is 0 Å². The topological polar surface area (TPSA) is 33.3 Å². The minimum Gasteiger partial charge on any atom is -0.374 e. The Morgan fingerprint density at radius 3 is 2.88 bits per heavy atom. The Hall–Kier alpha value is -0.550. The Kier molecular flexibility index (Phi) is 5.32. The quantitative estimate of drug-likeness (QED) is 0.778. The van der Waals surface area contributed by atoms with Crippen molar-refractivity contribution in [2.75, 3.05) is 32.5 Å². The standard InChI is InChI=1S/C13H20N2OS/c1-17-13-4-2-11(3-5-13)8-15-10-12-9-14-6-7-16-12/h2-5,12,14-15H,6-10H2,1H3. The number of morpholine rings is 1. The van der Waals surface area contributed by atoms with Gasteiger partial charge < -0.3 is 15.4 Å². The number of nitrogens with one attached hydrogen (secondary N) is 2. The number of ether oxygens (including phenoxy) is 1. The highest BCUT2D eigenvalue weighted by Gasteiger charge is 2.11. The van der Waals surface area contributed by atoms with E-state index >= 15 is 0 Å². The normalized spacial score (nSPS) is 20.4. The first kappa shape index (κ1) is 12.9. The van der Waals surface area contributed by atoms with Crippen LogP contribution in [0.5, 0.6) is 0 Å². The van der Waals surface area contributed by atoms with Crippen molar-refractivity contribution in [3.63, 3.8) is 0 Å². The van der Waals surface area contributed by atoms with E-state index in [1.807, 2.05) is 0 Å². The Balaban J connectivity index is 1.69. The smallest absolute Gasteiger partial charge is 0.0824 e. The summed E-state index contributed by atoms with van der Waals surface area (Å²) < 4.78 is 5.62. The lowest BCUT2D eigenvalue weighted by Crippen LogP contribution is -2.43. The zero-order chi connectivity index (χ0) is 11.9. The second kappa shape index (κ2) is 7.01. The van der Waals surface area contributed by atoms with Crippen molar-refractivity contribution >= 4 is 11.8 Å². The number of hydrogen-bond donors (Lipinski definition) is 2. The molecule has 0 saturated carbocycles. The fourth-order valence-electron chi connectivity index (χ4n) is 1.87. The van der Waals surface area contributed by atoms with Crippen molar-refractivity contribution in [1.29, 1.82) is 0 Å². The van der Waals surface area contributed by atoms with Crippen molar-refractivity contribution in [2.24, 2.45) is 0 Å². The molecule has 0 bridgehead atoms. The molecule has 1 aromatic rings. The van der Waals surface area contributed by atoms with E-state index in [1.165, 1.54) is 10.5 Å². The van der Waals surface area contributed by atoms with Crippen LogP contribution >= 0.6 is 11.8 Å². The molecule has 1 unspecified atom stereocenters. The molecule has 1 aromatic carbocycles. The number of thioether (sulfide) groups is 1. The molecule has 3 nitrogen and oxygen atoms in total. The van der Waals surface area contributed by atoms with Crippen LogP contribution in [0.2, 0.25) is 0 Å². The van der Waals surface area contributed by atoms with Gasteiger partial charge in [0.05, 0.1) is 12.7 Å². The van der Waals surface area contributed by atoms with E-state index in [-0.39, 0.29) is 0 Å². The summed E-state index contributed by atoms with van der Waals surface area (Å²) in [5.74, 6) is 0. The summed E-state index contributed by atoms with van der Waals surface area (Å²) in [5, 5.41) is 6.77. The largest absolute Gasteiger partial charge is 0.374 e. The van der Waals surface area contributed by atoms with Gasteiger partial charge in [0.2, 0.25) is 0 Å². The van der Waals surface area contributed by atoms with Gasteiger partial charge in [-0.25, -0.2) is 0 Å². The molecule has 1 atom stereocenters. The first-order valence-electron chi connectivity index (χ1n) is 6.04. The van der Waals surface area contributed by atoms with Gasteiger partial charge in [-0.3, -0.25) is 0 Å². The molecule has 0 amide bonds. The molecule has 1 heterocycles. The van der Waals surface area contributed by atoms with Gasteiger partial charge in [0.1, 0.15) is 0 Å². The number of hydrogen-bond acceptors (Lipinski definition) is 4. The highest BCUT2D eigenvalue weighted by molar-refractivity contribution is 7.98. The molecule has 4 heteroatoms. The SMILES string of the molecule is CSc1ccc(CNCC2CNCCO2)cc1. The molecule has 1 fully saturated rings. The van der Waals surface area contributed by atoms with E-state index in [9.17, 15) is 0 Å². The van der Waals surface area contributed by atoms with Crippen LogP contribution < -0.4 is 10.6 Å². The third-order valence-electron chi connectivity index (χ3n) is 2.86. The molecular weight excluding hydrogens is 232 g/mol. The van der Waals surface area contributed by atoms with Crippen LogP contribution in [-0.4, -0.2) is 38.6 Å². The summed E-state index contributed by atoms with van der Waals surface area (Å²) in [6.07, 6.45) is 2.41. The highest BCUT2D eigenvalue weighted by Crippen LogP contribution is 2.14. The van der Waals surface area contributed by atoms with Crippen molar-refractivity contribution in [3.05, 3.63) is 29.8 Å². The van der Waals surface area contributed by atoms with Gasteiger partial charge in [-0.2, -0.15) is 0 Å². The molecule has 0 radical (unpaired) electrons. The fourth-order valence-corrected chi connectivity index (χ4v) is 2.28. The molecule has 2 rings (SSSR count). The van der Waals surface area contributed by atoms with Crippen molar-refractivity contribution in [2.45, 2.75) is 17.5 Å². The van der Waals surface area contributed by atoms with E-state index in [4.69, 9.17) is 4.74 Å². The second-order valence-electron chi connectivity index (χ2n) is 4.18. The maximum atomic E-state index is 5.62. The minimum absolute atomic E-state index is 0.314. The lowest BCUT2D eigenvalue weighted by molar-refractivity contribution is 0.0290. The van der Waals surface area contributed by atoms with Crippen molar-refractivity contribution in [1.82, 2.24) is 10.6 Å². The van der Waals surface area contributed by atoms with Crippen molar-refractivity contribution in [3.8, 4) is 0 Å². The summed E-state index contributed by atoms with van der Waals surface area (Å²) in [7, 11) is 0. The Bertz CT molecular complexity index is 323. The zero-order valence-corrected chi connectivity index (χ0v) is 11.1. The van der Waals surface area contributed by atoms with Crippen LogP contribution in [0.3, 0.4) is 0 Å². The van der Waals surface area contributed by atoms with Crippen LogP contribution in [0.25, 0.3) is 0 Å². The van der Waals surface area contributed by atoms with E-state index in [2.05, 4.69) is 41.2 Å². The highest BCUT2D eigenvalue weighted by atomic mass is 32.2. The third kappa shape index (κ3) is 4.32. The van der Waals surface area contributed by atoms with Gasteiger partial charge in [-0.15, -0.1) is 11.8 Å².